The highest BCUT2D eigenvalue weighted by molar-refractivity contribution is 5.33. The summed E-state index contributed by atoms with van der Waals surface area (Å²) in [5.41, 5.74) is 1.15. The number of nitrogens with zero attached hydrogens (tertiary/aromatic N) is 2. The molecule has 0 radical (unpaired) electrons. The fraction of sp³-hybridized carbons (Fsp3) is 0.500. The van der Waals surface area contributed by atoms with Crippen LogP contribution in [0.2, 0.25) is 0 Å². The first-order valence-electron chi connectivity index (χ1n) is 7.60. The van der Waals surface area contributed by atoms with Gasteiger partial charge in [0.2, 0.25) is 0 Å². The van der Waals surface area contributed by atoms with E-state index in [4.69, 9.17) is 9.26 Å². The third kappa shape index (κ3) is 3.82. The summed E-state index contributed by atoms with van der Waals surface area (Å²) in [6, 6.07) is 8.04. The fourth-order valence-electron chi connectivity index (χ4n) is 2.16. The van der Waals surface area contributed by atoms with E-state index in [2.05, 4.69) is 28.4 Å². The van der Waals surface area contributed by atoms with E-state index < -0.39 is 0 Å². The van der Waals surface area contributed by atoms with Crippen LogP contribution in [0.25, 0.3) is 0 Å². The maximum Gasteiger partial charge on any atom is 0.264 e. The zero-order chi connectivity index (χ0) is 14.5. The molecule has 5 heteroatoms. The Morgan fingerprint density at radius 1 is 1.33 bits per heavy atom. The minimum atomic E-state index is 0.324. The van der Waals surface area contributed by atoms with Crippen LogP contribution in [0.3, 0.4) is 0 Å². The molecule has 21 heavy (non-hydrogen) atoms. The van der Waals surface area contributed by atoms with Crippen LogP contribution in [0.4, 0.5) is 0 Å². The van der Waals surface area contributed by atoms with Crippen LogP contribution >= 0.6 is 0 Å². The van der Waals surface area contributed by atoms with Crippen molar-refractivity contribution >= 4 is 0 Å². The second-order valence-corrected chi connectivity index (χ2v) is 5.39. The van der Waals surface area contributed by atoms with Gasteiger partial charge in [-0.05, 0) is 31.9 Å². The van der Waals surface area contributed by atoms with Gasteiger partial charge in [0, 0.05) is 18.0 Å². The molecule has 0 spiro atoms. The summed E-state index contributed by atoms with van der Waals surface area (Å²) >= 11 is 0. The normalized spacial score (nSPS) is 14.3. The van der Waals surface area contributed by atoms with Crippen molar-refractivity contribution < 1.29 is 9.26 Å². The summed E-state index contributed by atoms with van der Waals surface area (Å²) in [5, 5.41) is 7.38. The van der Waals surface area contributed by atoms with Crippen molar-refractivity contribution in [1.82, 2.24) is 15.5 Å². The molecule has 1 heterocycles. The Balaban J connectivity index is 1.58. The molecular formula is C16H21N3O2. The van der Waals surface area contributed by atoms with E-state index in [1.54, 1.807) is 0 Å². The molecule has 1 saturated carbocycles. The summed E-state index contributed by atoms with van der Waals surface area (Å²) in [4.78, 5) is 4.37. The van der Waals surface area contributed by atoms with E-state index in [9.17, 15) is 0 Å². The van der Waals surface area contributed by atoms with Crippen LogP contribution < -0.4 is 10.1 Å². The molecule has 0 saturated heterocycles. The first kappa shape index (κ1) is 14.1. The standard InChI is InChI=1S/C16H21N3O2/c1-2-9-17-10-13-5-3-4-6-14(13)20-11-15-18-16(19-21-15)12-7-8-12/h3-6,12,17H,2,7-11H2,1H3. The molecule has 0 unspecified atom stereocenters. The molecule has 1 aliphatic carbocycles. The van der Waals surface area contributed by atoms with Crippen molar-refractivity contribution in [2.45, 2.75) is 45.3 Å². The molecule has 2 aromatic rings. The molecule has 1 N–H and O–H groups in total. The van der Waals surface area contributed by atoms with Crippen molar-refractivity contribution in [1.29, 1.82) is 0 Å². The topological polar surface area (TPSA) is 60.2 Å². The van der Waals surface area contributed by atoms with E-state index in [-0.39, 0.29) is 0 Å². The zero-order valence-corrected chi connectivity index (χ0v) is 12.3. The number of hydrogen-bond donors (Lipinski definition) is 1. The van der Waals surface area contributed by atoms with Crippen LogP contribution in [0.1, 0.15) is 49.4 Å². The van der Waals surface area contributed by atoms with Crippen molar-refractivity contribution in [3.63, 3.8) is 0 Å². The predicted octanol–water partition coefficient (Wildman–Crippen LogP) is 3.03. The number of benzene rings is 1. The molecule has 1 aromatic heterocycles. The van der Waals surface area contributed by atoms with Gasteiger partial charge in [-0.3, -0.25) is 0 Å². The average Bonchev–Trinajstić information content (AvgIpc) is 3.26. The van der Waals surface area contributed by atoms with Gasteiger partial charge >= 0.3 is 0 Å². The Bertz CT molecular complexity index is 578. The Hall–Kier alpha value is -1.88. The Labute approximate surface area is 124 Å². The number of rotatable bonds is 8. The second-order valence-electron chi connectivity index (χ2n) is 5.39. The summed E-state index contributed by atoms with van der Waals surface area (Å²) in [6.07, 6.45) is 3.46. The Morgan fingerprint density at radius 3 is 3.00 bits per heavy atom. The Kier molecular flexibility index (Phi) is 4.50. The van der Waals surface area contributed by atoms with Crippen LogP contribution in [-0.4, -0.2) is 16.7 Å². The van der Waals surface area contributed by atoms with Gasteiger partial charge in [0.1, 0.15) is 5.75 Å². The molecule has 112 valence electrons. The highest BCUT2D eigenvalue weighted by atomic mass is 16.5. The van der Waals surface area contributed by atoms with E-state index in [0.717, 1.165) is 36.6 Å². The second kappa shape index (κ2) is 6.72. The van der Waals surface area contributed by atoms with Crippen LogP contribution in [0.15, 0.2) is 28.8 Å². The lowest BCUT2D eigenvalue weighted by atomic mass is 10.2. The van der Waals surface area contributed by atoms with Gasteiger partial charge in [0.15, 0.2) is 12.4 Å². The molecular weight excluding hydrogens is 266 g/mol. The van der Waals surface area contributed by atoms with Crippen molar-refractivity contribution in [2.75, 3.05) is 6.54 Å². The van der Waals surface area contributed by atoms with Crippen molar-refractivity contribution in [3.05, 3.63) is 41.5 Å². The predicted molar refractivity (Wildman–Crippen MR) is 79.0 cm³/mol. The highest BCUT2D eigenvalue weighted by Gasteiger charge is 2.28. The molecule has 5 nitrogen and oxygen atoms in total. The SMILES string of the molecule is CCCNCc1ccccc1OCc1nc(C2CC2)no1. The van der Waals surface area contributed by atoms with Crippen LogP contribution in [-0.2, 0) is 13.2 Å². The van der Waals surface area contributed by atoms with Crippen molar-refractivity contribution in [3.8, 4) is 5.75 Å². The average molecular weight is 287 g/mol. The van der Waals surface area contributed by atoms with E-state index in [1.807, 2.05) is 18.2 Å². The molecule has 0 aliphatic heterocycles. The quantitative estimate of drug-likeness (QED) is 0.756. The summed E-state index contributed by atoms with van der Waals surface area (Å²) in [5.74, 6) is 2.75. The summed E-state index contributed by atoms with van der Waals surface area (Å²) in [7, 11) is 0. The highest BCUT2D eigenvalue weighted by Crippen LogP contribution is 2.38. The third-order valence-electron chi connectivity index (χ3n) is 3.49. The number of ether oxygens (including phenoxy) is 1. The number of nitrogens with one attached hydrogen (secondary N) is 1. The molecule has 1 fully saturated rings. The molecule has 1 aliphatic rings. The largest absolute Gasteiger partial charge is 0.483 e. The van der Waals surface area contributed by atoms with Crippen LogP contribution in [0, 0.1) is 0 Å². The van der Waals surface area contributed by atoms with Gasteiger partial charge in [0.25, 0.3) is 5.89 Å². The van der Waals surface area contributed by atoms with Gasteiger partial charge in [-0.15, -0.1) is 0 Å². The van der Waals surface area contributed by atoms with E-state index in [1.165, 1.54) is 12.8 Å². The number of para-hydroxylation sites is 1. The lowest BCUT2D eigenvalue weighted by molar-refractivity contribution is 0.240. The number of hydrogen-bond acceptors (Lipinski definition) is 5. The smallest absolute Gasteiger partial charge is 0.264 e. The maximum atomic E-state index is 5.83. The molecule has 0 atom stereocenters. The molecule has 0 amide bonds. The lowest BCUT2D eigenvalue weighted by Crippen LogP contribution is -2.14. The van der Waals surface area contributed by atoms with E-state index >= 15 is 0 Å². The van der Waals surface area contributed by atoms with Gasteiger partial charge in [-0.25, -0.2) is 0 Å². The summed E-state index contributed by atoms with van der Waals surface area (Å²) in [6.45, 7) is 4.29. The molecule has 1 aromatic carbocycles. The first-order valence-corrected chi connectivity index (χ1v) is 7.60. The molecule has 3 rings (SSSR count). The van der Waals surface area contributed by atoms with Crippen LogP contribution in [0.5, 0.6) is 5.75 Å². The van der Waals surface area contributed by atoms with Gasteiger partial charge in [-0.2, -0.15) is 4.98 Å². The maximum absolute atomic E-state index is 5.83. The van der Waals surface area contributed by atoms with Gasteiger partial charge in [-0.1, -0.05) is 30.3 Å². The minimum Gasteiger partial charge on any atom is -0.483 e. The fourth-order valence-corrected chi connectivity index (χ4v) is 2.16. The zero-order valence-electron chi connectivity index (χ0n) is 12.3. The minimum absolute atomic E-state index is 0.324. The van der Waals surface area contributed by atoms with Gasteiger partial charge in [0.05, 0.1) is 0 Å². The lowest BCUT2D eigenvalue weighted by Gasteiger charge is -2.10. The Morgan fingerprint density at radius 2 is 2.19 bits per heavy atom. The van der Waals surface area contributed by atoms with E-state index in [0.29, 0.717) is 18.4 Å². The third-order valence-corrected chi connectivity index (χ3v) is 3.49. The monoisotopic (exact) mass is 287 g/mol. The number of aromatic nitrogens is 2. The molecule has 0 bridgehead atoms. The summed E-state index contributed by atoms with van der Waals surface area (Å²) < 4.78 is 11.1. The van der Waals surface area contributed by atoms with Gasteiger partial charge < -0.3 is 14.6 Å². The first-order chi connectivity index (χ1) is 10.4. The van der Waals surface area contributed by atoms with Crippen molar-refractivity contribution in [2.24, 2.45) is 0 Å².